The van der Waals surface area contributed by atoms with Crippen LogP contribution in [0.2, 0.25) is 0 Å². The zero-order valence-electron chi connectivity index (χ0n) is 19.7. The second-order valence-electron chi connectivity index (χ2n) is 9.18. The van der Waals surface area contributed by atoms with Crippen molar-refractivity contribution in [2.24, 2.45) is 0 Å². The Labute approximate surface area is 191 Å². The van der Waals surface area contributed by atoms with Crippen molar-refractivity contribution < 1.29 is 9.53 Å². The second kappa shape index (κ2) is 9.36. The van der Waals surface area contributed by atoms with Crippen molar-refractivity contribution >= 4 is 23.1 Å². The molecule has 1 aliphatic heterocycles. The van der Waals surface area contributed by atoms with E-state index in [0.717, 1.165) is 41.4 Å². The molecule has 1 atom stereocenters. The van der Waals surface area contributed by atoms with E-state index in [2.05, 4.69) is 61.2 Å². The van der Waals surface area contributed by atoms with E-state index >= 15 is 0 Å². The van der Waals surface area contributed by atoms with Gasteiger partial charge in [-0.1, -0.05) is 12.1 Å². The van der Waals surface area contributed by atoms with Crippen LogP contribution in [0.15, 0.2) is 30.3 Å². The fourth-order valence-corrected chi connectivity index (χ4v) is 4.49. The molecule has 7 heteroatoms. The maximum absolute atomic E-state index is 12.5. The van der Waals surface area contributed by atoms with Crippen molar-refractivity contribution in [2.75, 3.05) is 63.0 Å². The molecule has 0 unspecified atom stereocenters. The molecule has 1 aromatic heterocycles. The molecule has 1 aromatic carbocycles. The number of rotatable bonds is 7. The summed E-state index contributed by atoms with van der Waals surface area (Å²) in [7, 11) is 5.73. The minimum absolute atomic E-state index is 0.107. The quantitative estimate of drug-likeness (QED) is 0.716. The third kappa shape index (κ3) is 4.67. The van der Waals surface area contributed by atoms with E-state index in [1.165, 1.54) is 12.8 Å². The molecule has 2 aliphatic rings. The van der Waals surface area contributed by atoms with Gasteiger partial charge in [0.15, 0.2) is 5.82 Å². The number of hydrogen-bond donors (Lipinski definition) is 1. The Kier molecular flexibility index (Phi) is 6.55. The Morgan fingerprint density at radius 3 is 2.69 bits per heavy atom. The van der Waals surface area contributed by atoms with Crippen LogP contribution in [0, 0.1) is 0 Å². The van der Waals surface area contributed by atoms with Gasteiger partial charge in [-0.15, -0.1) is 0 Å². The molecule has 4 rings (SSSR count). The first-order chi connectivity index (χ1) is 15.4. The van der Waals surface area contributed by atoms with Gasteiger partial charge in [0.05, 0.1) is 24.4 Å². The Morgan fingerprint density at radius 1 is 1.25 bits per heavy atom. The molecule has 2 aromatic rings. The maximum Gasteiger partial charge on any atom is 0.225 e. The zero-order valence-corrected chi connectivity index (χ0v) is 19.7. The SMILES string of the molecule is COCCC(=O)N1CCN(c2nc(C3CC3)c(-c3cccc(N(C)C)c3)cc2N)C[C@H]1C. The van der Waals surface area contributed by atoms with Crippen LogP contribution in [0.5, 0.6) is 0 Å². The average molecular weight is 438 g/mol. The number of nitrogen functional groups attached to an aromatic ring is 1. The van der Waals surface area contributed by atoms with Crippen molar-refractivity contribution in [3.63, 3.8) is 0 Å². The van der Waals surface area contributed by atoms with Gasteiger partial charge in [0.25, 0.3) is 0 Å². The third-order valence-corrected chi connectivity index (χ3v) is 6.47. The van der Waals surface area contributed by atoms with E-state index in [0.29, 0.717) is 31.2 Å². The van der Waals surface area contributed by atoms with Crippen LogP contribution >= 0.6 is 0 Å². The molecule has 2 N–H and O–H groups in total. The number of carbonyl (C=O) groups excluding carboxylic acids is 1. The summed E-state index contributed by atoms with van der Waals surface area (Å²) >= 11 is 0. The van der Waals surface area contributed by atoms with Gasteiger partial charge in [-0.25, -0.2) is 4.98 Å². The predicted octanol–water partition coefficient (Wildman–Crippen LogP) is 3.35. The highest BCUT2D eigenvalue weighted by Gasteiger charge is 2.32. The minimum atomic E-state index is 0.107. The van der Waals surface area contributed by atoms with E-state index in [9.17, 15) is 4.79 Å². The maximum atomic E-state index is 12.5. The lowest BCUT2D eigenvalue weighted by Gasteiger charge is -2.41. The number of benzene rings is 1. The van der Waals surface area contributed by atoms with Gasteiger partial charge in [0.1, 0.15) is 0 Å². The minimum Gasteiger partial charge on any atom is -0.396 e. The fourth-order valence-electron chi connectivity index (χ4n) is 4.49. The summed E-state index contributed by atoms with van der Waals surface area (Å²) in [6, 6.07) is 10.8. The van der Waals surface area contributed by atoms with Crippen LogP contribution in [0.1, 0.15) is 37.8 Å². The molecule has 2 fully saturated rings. The van der Waals surface area contributed by atoms with Crippen LogP contribution in [0.4, 0.5) is 17.2 Å². The number of piperazine rings is 1. The molecule has 1 amide bonds. The monoisotopic (exact) mass is 437 g/mol. The van der Waals surface area contributed by atoms with Crippen LogP contribution in [-0.2, 0) is 9.53 Å². The first-order valence-corrected chi connectivity index (χ1v) is 11.5. The van der Waals surface area contributed by atoms with Gasteiger partial charge in [-0.2, -0.15) is 0 Å². The van der Waals surface area contributed by atoms with Crippen LogP contribution in [0.25, 0.3) is 11.1 Å². The van der Waals surface area contributed by atoms with Crippen molar-refractivity contribution in [1.29, 1.82) is 0 Å². The Morgan fingerprint density at radius 2 is 2.03 bits per heavy atom. The smallest absolute Gasteiger partial charge is 0.225 e. The topological polar surface area (TPSA) is 74.9 Å². The normalized spacial score (nSPS) is 18.7. The molecule has 2 heterocycles. The predicted molar refractivity (Wildman–Crippen MR) is 130 cm³/mol. The highest BCUT2D eigenvalue weighted by molar-refractivity contribution is 5.79. The van der Waals surface area contributed by atoms with Crippen LogP contribution < -0.4 is 15.5 Å². The summed E-state index contributed by atoms with van der Waals surface area (Å²) in [4.78, 5) is 23.9. The fraction of sp³-hybridized carbons (Fsp3) is 0.520. The summed E-state index contributed by atoms with van der Waals surface area (Å²) in [5.74, 6) is 1.51. The molecule has 0 radical (unpaired) electrons. The van der Waals surface area contributed by atoms with Crippen molar-refractivity contribution in [1.82, 2.24) is 9.88 Å². The number of ether oxygens (including phenoxy) is 1. The lowest BCUT2D eigenvalue weighted by molar-refractivity contribution is -0.134. The van der Waals surface area contributed by atoms with Gasteiger partial charge in [-0.3, -0.25) is 4.79 Å². The van der Waals surface area contributed by atoms with E-state index in [-0.39, 0.29) is 11.9 Å². The number of carbonyl (C=O) groups is 1. The van der Waals surface area contributed by atoms with Crippen molar-refractivity contribution in [2.45, 2.75) is 38.1 Å². The van der Waals surface area contributed by atoms with Gasteiger partial charge < -0.3 is 25.2 Å². The number of nitrogens with zero attached hydrogens (tertiary/aromatic N) is 4. The lowest BCUT2D eigenvalue weighted by atomic mass is 9.99. The third-order valence-electron chi connectivity index (χ3n) is 6.47. The summed E-state index contributed by atoms with van der Waals surface area (Å²) in [6.07, 6.45) is 2.78. The first kappa shape index (κ1) is 22.4. The van der Waals surface area contributed by atoms with Crippen LogP contribution in [0.3, 0.4) is 0 Å². The number of aromatic nitrogens is 1. The first-order valence-electron chi connectivity index (χ1n) is 11.5. The molecule has 0 bridgehead atoms. The number of hydrogen-bond acceptors (Lipinski definition) is 6. The molecule has 1 aliphatic carbocycles. The number of amides is 1. The summed E-state index contributed by atoms with van der Waals surface area (Å²) < 4.78 is 5.07. The highest BCUT2D eigenvalue weighted by Crippen LogP contribution is 2.45. The zero-order chi connectivity index (χ0) is 22.8. The molecule has 32 heavy (non-hydrogen) atoms. The standard InChI is InChI=1S/C25H35N5O2/c1-17-16-29(11-12-30(17)23(31)10-13-32-4)25-22(26)15-21(24(27-25)18-8-9-18)19-6-5-7-20(14-19)28(2)3/h5-7,14-15,17-18H,8-13,16,26H2,1-4H3/t17-/m1/s1. The Balaban J connectivity index is 1.60. The van der Waals surface area contributed by atoms with Crippen molar-refractivity contribution in [3.8, 4) is 11.1 Å². The van der Waals surface area contributed by atoms with E-state index in [1.54, 1.807) is 7.11 Å². The van der Waals surface area contributed by atoms with Gasteiger partial charge >= 0.3 is 0 Å². The number of nitrogens with two attached hydrogens (primary N) is 1. The molecular formula is C25H35N5O2. The van der Waals surface area contributed by atoms with E-state index < -0.39 is 0 Å². The van der Waals surface area contributed by atoms with Gasteiger partial charge in [0, 0.05) is 64.0 Å². The van der Waals surface area contributed by atoms with Gasteiger partial charge in [0.2, 0.25) is 5.91 Å². The van der Waals surface area contributed by atoms with E-state index in [4.69, 9.17) is 15.5 Å². The highest BCUT2D eigenvalue weighted by atomic mass is 16.5. The number of pyridine rings is 1. The molecule has 172 valence electrons. The number of methoxy groups -OCH3 is 1. The molecule has 7 nitrogen and oxygen atoms in total. The summed E-state index contributed by atoms with van der Waals surface area (Å²) in [5, 5.41) is 0. The molecule has 1 saturated heterocycles. The Bertz CT molecular complexity index is 973. The molecular weight excluding hydrogens is 402 g/mol. The summed E-state index contributed by atoms with van der Waals surface area (Å²) in [6.45, 7) is 4.70. The average Bonchev–Trinajstić information content (AvgIpc) is 3.62. The number of anilines is 3. The lowest BCUT2D eigenvalue weighted by Crippen LogP contribution is -2.54. The summed E-state index contributed by atoms with van der Waals surface area (Å²) in [5.41, 5.74) is 11.9. The van der Waals surface area contributed by atoms with Gasteiger partial charge in [-0.05, 0) is 43.5 Å². The van der Waals surface area contributed by atoms with E-state index in [1.807, 2.05) is 4.90 Å². The largest absolute Gasteiger partial charge is 0.396 e. The Hall–Kier alpha value is -2.80. The second-order valence-corrected chi connectivity index (χ2v) is 9.18. The molecule has 0 spiro atoms. The van der Waals surface area contributed by atoms with Crippen molar-refractivity contribution in [3.05, 3.63) is 36.0 Å². The molecule has 1 saturated carbocycles. The van der Waals surface area contributed by atoms with Crippen LogP contribution in [-0.4, -0.2) is 69.3 Å².